The number of hydrogen-bond donors (Lipinski definition) is 1. The Balaban J connectivity index is 1.99. The van der Waals surface area contributed by atoms with Crippen LogP contribution in [-0.4, -0.2) is 32.1 Å². The first-order valence-corrected chi connectivity index (χ1v) is 7.38. The molecule has 2 aliphatic rings. The molecule has 3 rings (SSSR count). The molecule has 4 nitrogen and oxygen atoms in total. The summed E-state index contributed by atoms with van der Waals surface area (Å²) in [4.78, 5) is 11.1. The number of benzene rings is 1. The summed E-state index contributed by atoms with van der Waals surface area (Å²) in [5.41, 5.74) is 1.64. The van der Waals surface area contributed by atoms with E-state index in [0.29, 0.717) is 30.6 Å². The highest BCUT2D eigenvalue weighted by Gasteiger charge is 2.25. The minimum Gasteiger partial charge on any atom is -0.486 e. The van der Waals surface area contributed by atoms with Gasteiger partial charge in [0.25, 0.3) is 0 Å². The molecular weight excluding hydrogens is 310 g/mol. The van der Waals surface area contributed by atoms with Gasteiger partial charge in [-0.25, -0.2) is 0 Å². The smallest absolute Gasteiger partial charge is 0.172 e. The second kappa shape index (κ2) is 5.51. The number of halogens is 1. The van der Waals surface area contributed by atoms with Gasteiger partial charge >= 0.3 is 0 Å². The van der Waals surface area contributed by atoms with Crippen LogP contribution in [0, 0.1) is 0 Å². The predicted octanol–water partition coefficient (Wildman–Crippen LogP) is 2.33. The van der Waals surface area contributed by atoms with E-state index in [2.05, 4.69) is 21.2 Å². The number of aldehydes is 1. The first kappa shape index (κ1) is 12.9. The molecule has 0 radical (unpaired) electrons. The van der Waals surface area contributed by atoms with Gasteiger partial charge in [-0.3, -0.25) is 4.79 Å². The van der Waals surface area contributed by atoms with E-state index in [9.17, 15) is 4.79 Å². The van der Waals surface area contributed by atoms with E-state index in [0.717, 1.165) is 35.0 Å². The summed E-state index contributed by atoms with van der Waals surface area (Å²) < 4.78 is 12.3. The van der Waals surface area contributed by atoms with Crippen molar-refractivity contribution in [1.82, 2.24) is 5.32 Å². The third kappa shape index (κ3) is 2.49. The molecule has 1 atom stereocenters. The van der Waals surface area contributed by atoms with Crippen molar-refractivity contribution in [2.24, 2.45) is 0 Å². The number of ether oxygens (including phenoxy) is 2. The molecule has 0 saturated carbocycles. The molecule has 0 amide bonds. The zero-order valence-corrected chi connectivity index (χ0v) is 12.2. The third-order valence-corrected chi connectivity index (χ3v) is 4.34. The fraction of sp³-hybridized carbons (Fsp3) is 0.500. The lowest BCUT2D eigenvalue weighted by molar-refractivity contribution is 0.111. The summed E-state index contributed by atoms with van der Waals surface area (Å²) in [6.45, 7) is 2.11. The zero-order chi connectivity index (χ0) is 13.2. The molecule has 0 spiro atoms. The van der Waals surface area contributed by atoms with Crippen molar-refractivity contribution in [3.63, 3.8) is 0 Å². The minimum absolute atomic E-state index is 0.480. The molecule has 0 bridgehead atoms. The standard InChI is InChI=1S/C14H16BrNO3/c15-12-6-9(8-17)13-14(19-5-4-18-13)11(12)7-10-2-1-3-16-10/h6,8,10,16H,1-5,7H2. The Bertz CT molecular complexity index is 498. The Morgan fingerprint density at radius 3 is 2.84 bits per heavy atom. The SMILES string of the molecule is O=Cc1cc(Br)c(CC2CCCN2)c2c1OCCO2. The van der Waals surface area contributed by atoms with E-state index in [1.807, 2.05) is 6.07 Å². The molecule has 1 unspecified atom stereocenters. The summed E-state index contributed by atoms with van der Waals surface area (Å²) in [5, 5.41) is 3.48. The zero-order valence-electron chi connectivity index (χ0n) is 10.6. The van der Waals surface area contributed by atoms with Gasteiger partial charge in [-0.15, -0.1) is 0 Å². The third-order valence-electron chi connectivity index (χ3n) is 3.63. The summed E-state index contributed by atoms with van der Waals surface area (Å²) in [5.74, 6) is 1.33. The number of nitrogens with one attached hydrogen (secondary N) is 1. The van der Waals surface area contributed by atoms with Gasteiger partial charge in [0.15, 0.2) is 17.8 Å². The van der Waals surface area contributed by atoms with Crippen LogP contribution in [0.1, 0.15) is 28.8 Å². The number of rotatable bonds is 3. The van der Waals surface area contributed by atoms with Gasteiger partial charge in [-0.1, -0.05) is 15.9 Å². The Morgan fingerprint density at radius 2 is 2.16 bits per heavy atom. The number of carbonyl (C=O) groups excluding carboxylic acids is 1. The van der Waals surface area contributed by atoms with Crippen LogP contribution < -0.4 is 14.8 Å². The quantitative estimate of drug-likeness (QED) is 0.866. The van der Waals surface area contributed by atoms with E-state index in [4.69, 9.17) is 9.47 Å². The second-order valence-electron chi connectivity index (χ2n) is 4.90. The summed E-state index contributed by atoms with van der Waals surface area (Å²) in [6.07, 6.45) is 4.10. The first-order valence-electron chi connectivity index (χ1n) is 6.59. The van der Waals surface area contributed by atoms with Crippen LogP contribution in [0.15, 0.2) is 10.5 Å². The Labute approximate surface area is 120 Å². The van der Waals surface area contributed by atoms with Crippen molar-refractivity contribution in [2.75, 3.05) is 19.8 Å². The van der Waals surface area contributed by atoms with Crippen LogP contribution in [0.4, 0.5) is 0 Å². The van der Waals surface area contributed by atoms with Crippen molar-refractivity contribution in [3.8, 4) is 11.5 Å². The maximum Gasteiger partial charge on any atom is 0.172 e. The lowest BCUT2D eigenvalue weighted by Gasteiger charge is -2.24. The van der Waals surface area contributed by atoms with Gasteiger partial charge in [0, 0.05) is 16.1 Å². The van der Waals surface area contributed by atoms with Gasteiger partial charge in [-0.05, 0) is 31.9 Å². The molecule has 1 aromatic rings. The average Bonchev–Trinajstić information content (AvgIpc) is 2.94. The van der Waals surface area contributed by atoms with Crippen LogP contribution in [0.2, 0.25) is 0 Å². The Morgan fingerprint density at radius 1 is 1.37 bits per heavy atom. The number of carbonyl (C=O) groups is 1. The van der Waals surface area contributed by atoms with E-state index in [1.54, 1.807) is 0 Å². The predicted molar refractivity (Wildman–Crippen MR) is 75.2 cm³/mol. The van der Waals surface area contributed by atoms with Crippen LogP contribution >= 0.6 is 15.9 Å². The molecule has 1 N–H and O–H groups in total. The summed E-state index contributed by atoms with van der Waals surface area (Å²) in [6, 6.07) is 2.30. The highest BCUT2D eigenvalue weighted by atomic mass is 79.9. The number of fused-ring (bicyclic) bond motifs is 1. The normalized spacial score (nSPS) is 21.4. The summed E-state index contributed by atoms with van der Waals surface area (Å²) >= 11 is 3.55. The molecule has 1 saturated heterocycles. The van der Waals surface area contributed by atoms with Crippen LogP contribution in [-0.2, 0) is 6.42 Å². The van der Waals surface area contributed by atoms with Gasteiger partial charge in [0.05, 0.1) is 5.56 Å². The Hall–Kier alpha value is -1.07. The second-order valence-corrected chi connectivity index (χ2v) is 5.75. The molecule has 5 heteroatoms. The van der Waals surface area contributed by atoms with Gasteiger partial charge in [-0.2, -0.15) is 0 Å². The monoisotopic (exact) mass is 325 g/mol. The summed E-state index contributed by atoms with van der Waals surface area (Å²) in [7, 11) is 0. The van der Waals surface area contributed by atoms with Crippen LogP contribution in [0.3, 0.4) is 0 Å². The molecule has 0 aliphatic carbocycles. The maximum atomic E-state index is 11.1. The fourth-order valence-electron chi connectivity index (χ4n) is 2.71. The van der Waals surface area contributed by atoms with E-state index in [-0.39, 0.29) is 0 Å². The first-order chi connectivity index (χ1) is 9.29. The highest BCUT2D eigenvalue weighted by molar-refractivity contribution is 9.10. The molecule has 19 heavy (non-hydrogen) atoms. The molecule has 2 aliphatic heterocycles. The molecule has 2 heterocycles. The van der Waals surface area contributed by atoms with Gasteiger partial charge < -0.3 is 14.8 Å². The highest BCUT2D eigenvalue weighted by Crippen LogP contribution is 2.41. The number of hydrogen-bond acceptors (Lipinski definition) is 4. The molecule has 102 valence electrons. The van der Waals surface area contributed by atoms with Crippen molar-refractivity contribution in [2.45, 2.75) is 25.3 Å². The lowest BCUT2D eigenvalue weighted by atomic mass is 10.0. The minimum atomic E-state index is 0.480. The van der Waals surface area contributed by atoms with E-state index in [1.165, 1.54) is 12.8 Å². The van der Waals surface area contributed by atoms with E-state index >= 15 is 0 Å². The van der Waals surface area contributed by atoms with Crippen LogP contribution in [0.5, 0.6) is 11.5 Å². The average molecular weight is 326 g/mol. The lowest BCUT2D eigenvalue weighted by Crippen LogP contribution is -2.25. The van der Waals surface area contributed by atoms with Crippen molar-refractivity contribution >= 4 is 22.2 Å². The topological polar surface area (TPSA) is 47.6 Å². The van der Waals surface area contributed by atoms with Gasteiger partial charge in [0.1, 0.15) is 13.2 Å². The van der Waals surface area contributed by atoms with Crippen molar-refractivity contribution in [3.05, 3.63) is 21.7 Å². The molecule has 1 aromatic carbocycles. The van der Waals surface area contributed by atoms with E-state index < -0.39 is 0 Å². The van der Waals surface area contributed by atoms with Crippen molar-refractivity contribution in [1.29, 1.82) is 0 Å². The van der Waals surface area contributed by atoms with Crippen molar-refractivity contribution < 1.29 is 14.3 Å². The molecule has 0 aromatic heterocycles. The fourth-order valence-corrected chi connectivity index (χ4v) is 3.30. The maximum absolute atomic E-state index is 11.1. The van der Waals surface area contributed by atoms with Gasteiger partial charge in [0.2, 0.25) is 0 Å². The molecule has 1 fully saturated rings. The van der Waals surface area contributed by atoms with Crippen LogP contribution in [0.25, 0.3) is 0 Å². The largest absolute Gasteiger partial charge is 0.486 e. The Kier molecular flexibility index (Phi) is 3.75. The molecular formula is C14H16BrNO3.